The van der Waals surface area contributed by atoms with Crippen molar-refractivity contribution < 1.29 is 14.3 Å². The third-order valence-corrected chi connectivity index (χ3v) is 5.58. The first kappa shape index (κ1) is 17.7. The number of carbonyl (C=O) groups is 2. The van der Waals surface area contributed by atoms with Gasteiger partial charge in [-0.2, -0.15) is 0 Å². The Balaban J connectivity index is 1.57. The molecule has 0 aromatic carbocycles. The van der Waals surface area contributed by atoms with Crippen molar-refractivity contribution in [2.75, 3.05) is 32.7 Å². The molecule has 0 bridgehead atoms. The van der Waals surface area contributed by atoms with Crippen LogP contribution in [0.3, 0.4) is 0 Å². The topological polar surface area (TPSA) is 61.9 Å². The molecule has 1 saturated carbocycles. The average molecular weight is 337 g/mol. The summed E-state index contributed by atoms with van der Waals surface area (Å²) >= 11 is 0. The lowest BCUT2D eigenvalue weighted by molar-refractivity contribution is -0.151. The van der Waals surface area contributed by atoms with Crippen LogP contribution < -0.4 is 5.32 Å². The van der Waals surface area contributed by atoms with E-state index in [4.69, 9.17) is 4.74 Å². The highest BCUT2D eigenvalue weighted by atomic mass is 16.5. The highest BCUT2D eigenvalue weighted by Gasteiger charge is 2.34. The molecule has 2 heterocycles. The van der Waals surface area contributed by atoms with Gasteiger partial charge in [0.25, 0.3) is 5.91 Å². The second-order valence-corrected chi connectivity index (χ2v) is 7.28. The zero-order valence-corrected chi connectivity index (χ0v) is 14.8. The molecule has 3 fully saturated rings. The summed E-state index contributed by atoms with van der Waals surface area (Å²) in [4.78, 5) is 28.9. The number of piperidine rings is 1. The molecule has 0 radical (unpaired) electrons. The van der Waals surface area contributed by atoms with Gasteiger partial charge in [0.15, 0.2) is 0 Å². The molecule has 6 heteroatoms. The van der Waals surface area contributed by atoms with Crippen LogP contribution in [-0.4, -0.2) is 72.6 Å². The Morgan fingerprint density at radius 2 is 2.04 bits per heavy atom. The molecule has 24 heavy (non-hydrogen) atoms. The summed E-state index contributed by atoms with van der Waals surface area (Å²) in [6, 6.07) is 0.168. The van der Waals surface area contributed by atoms with Gasteiger partial charge < -0.3 is 19.9 Å². The Morgan fingerprint density at radius 1 is 1.25 bits per heavy atom. The fraction of sp³-hybridized carbons (Fsp3) is 0.889. The molecule has 3 aliphatic rings. The monoisotopic (exact) mass is 337 g/mol. The molecule has 1 N–H and O–H groups in total. The van der Waals surface area contributed by atoms with E-state index in [0.29, 0.717) is 13.1 Å². The number of nitrogens with one attached hydrogen (secondary N) is 1. The summed E-state index contributed by atoms with van der Waals surface area (Å²) < 4.78 is 6.10. The lowest BCUT2D eigenvalue weighted by Crippen LogP contribution is -2.58. The van der Waals surface area contributed by atoms with Crippen molar-refractivity contribution in [1.82, 2.24) is 15.1 Å². The van der Waals surface area contributed by atoms with E-state index in [0.717, 1.165) is 51.7 Å². The molecule has 2 aliphatic heterocycles. The minimum absolute atomic E-state index is 0.122. The van der Waals surface area contributed by atoms with Crippen LogP contribution in [0.1, 0.15) is 51.9 Å². The van der Waals surface area contributed by atoms with Crippen molar-refractivity contribution in [3.05, 3.63) is 0 Å². The van der Waals surface area contributed by atoms with Gasteiger partial charge in [-0.1, -0.05) is 19.8 Å². The van der Waals surface area contributed by atoms with E-state index in [-0.39, 0.29) is 30.1 Å². The first-order valence-corrected chi connectivity index (χ1v) is 9.63. The Hall–Kier alpha value is -1.14. The maximum absolute atomic E-state index is 12.9. The first-order valence-electron chi connectivity index (χ1n) is 9.63. The van der Waals surface area contributed by atoms with E-state index in [1.54, 1.807) is 0 Å². The number of hydrogen-bond acceptors (Lipinski definition) is 4. The lowest BCUT2D eigenvalue weighted by Gasteiger charge is -2.42. The molecule has 2 saturated heterocycles. The van der Waals surface area contributed by atoms with Crippen molar-refractivity contribution in [2.45, 2.75) is 70.1 Å². The van der Waals surface area contributed by atoms with Crippen LogP contribution in [0.5, 0.6) is 0 Å². The van der Waals surface area contributed by atoms with Crippen molar-refractivity contribution >= 4 is 11.8 Å². The largest absolute Gasteiger partial charge is 0.365 e. The SMILES string of the molecule is CCC(OC1CCCC1)C(=O)N1CCCC(N2CCNCC2=O)C1. The van der Waals surface area contributed by atoms with Gasteiger partial charge in [-0.25, -0.2) is 0 Å². The van der Waals surface area contributed by atoms with Gasteiger partial charge in [0.2, 0.25) is 5.91 Å². The summed E-state index contributed by atoms with van der Waals surface area (Å²) in [6.45, 7) is 5.50. The van der Waals surface area contributed by atoms with E-state index in [1.807, 2.05) is 16.7 Å². The molecular formula is C18H31N3O3. The van der Waals surface area contributed by atoms with Crippen LogP contribution in [0.25, 0.3) is 0 Å². The second kappa shape index (κ2) is 8.30. The molecular weight excluding hydrogens is 306 g/mol. The number of carbonyl (C=O) groups excluding carboxylic acids is 2. The average Bonchev–Trinajstić information content (AvgIpc) is 3.13. The fourth-order valence-electron chi connectivity index (χ4n) is 4.21. The molecule has 3 rings (SSSR count). The minimum Gasteiger partial charge on any atom is -0.365 e. The Morgan fingerprint density at radius 3 is 2.75 bits per heavy atom. The normalized spacial score (nSPS) is 27.5. The fourth-order valence-corrected chi connectivity index (χ4v) is 4.21. The van der Waals surface area contributed by atoms with Gasteiger partial charge >= 0.3 is 0 Å². The number of piperazine rings is 1. The Bertz CT molecular complexity index is 451. The van der Waals surface area contributed by atoms with Crippen molar-refractivity contribution in [3.63, 3.8) is 0 Å². The van der Waals surface area contributed by atoms with Gasteiger partial charge in [0, 0.05) is 32.2 Å². The number of amides is 2. The summed E-state index contributed by atoms with van der Waals surface area (Å²) in [6.07, 6.45) is 7.23. The van der Waals surface area contributed by atoms with Gasteiger partial charge in [-0.3, -0.25) is 9.59 Å². The van der Waals surface area contributed by atoms with Crippen LogP contribution >= 0.6 is 0 Å². The molecule has 0 aromatic rings. The summed E-state index contributed by atoms with van der Waals surface area (Å²) in [5, 5.41) is 3.11. The summed E-state index contributed by atoms with van der Waals surface area (Å²) in [5.41, 5.74) is 0. The quantitative estimate of drug-likeness (QED) is 0.817. The highest BCUT2D eigenvalue weighted by Crippen LogP contribution is 2.25. The summed E-state index contributed by atoms with van der Waals surface area (Å²) in [7, 11) is 0. The molecule has 2 amide bonds. The summed E-state index contributed by atoms with van der Waals surface area (Å²) in [5.74, 6) is 0.284. The molecule has 1 aliphatic carbocycles. The smallest absolute Gasteiger partial charge is 0.251 e. The molecule has 2 unspecified atom stereocenters. The van der Waals surface area contributed by atoms with Crippen molar-refractivity contribution in [3.8, 4) is 0 Å². The van der Waals surface area contributed by atoms with Gasteiger partial charge in [-0.15, -0.1) is 0 Å². The van der Waals surface area contributed by atoms with Gasteiger partial charge in [-0.05, 0) is 32.1 Å². The van der Waals surface area contributed by atoms with Crippen LogP contribution in [0.2, 0.25) is 0 Å². The molecule has 6 nitrogen and oxygen atoms in total. The van der Waals surface area contributed by atoms with Crippen molar-refractivity contribution in [2.24, 2.45) is 0 Å². The third kappa shape index (κ3) is 4.09. The zero-order valence-electron chi connectivity index (χ0n) is 14.8. The van der Waals surface area contributed by atoms with E-state index in [2.05, 4.69) is 5.32 Å². The number of hydrogen-bond donors (Lipinski definition) is 1. The van der Waals surface area contributed by atoms with E-state index >= 15 is 0 Å². The standard InChI is InChI=1S/C18H31N3O3/c1-2-16(24-15-7-3-4-8-15)18(23)20-10-5-6-14(13-20)21-11-9-19-12-17(21)22/h14-16,19H,2-13H2,1H3. The van der Waals surface area contributed by atoms with Gasteiger partial charge in [0.05, 0.1) is 12.6 Å². The number of rotatable bonds is 5. The predicted octanol–water partition coefficient (Wildman–Crippen LogP) is 1.15. The van der Waals surface area contributed by atoms with Crippen LogP contribution in [-0.2, 0) is 14.3 Å². The van der Waals surface area contributed by atoms with Crippen LogP contribution in [0, 0.1) is 0 Å². The molecule has 0 aromatic heterocycles. The first-order chi connectivity index (χ1) is 11.7. The minimum atomic E-state index is -0.314. The van der Waals surface area contributed by atoms with Gasteiger partial charge in [0.1, 0.15) is 6.10 Å². The van der Waals surface area contributed by atoms with Crippen molar-refractivity contribution in [1.29, 1.82) is 0 Å². The van der Waals surface area contributed by atoms with E-state index in [1.165, 1.54) is 12.8 Å². The van der Waals surface area contributed by atoms with Crippen LogP contribution in [0.4, 0.5) is 0 Å². The lowest BCUT2D eigenvalue weighted by atomic mass is 10.0. The molecule has 136 valence electrons. The van der Waals surface area contributed by atoms with E-state index < -0.39 is 0 Å². The molecule has 2 atom stereocenters. The Kier molecular flexibility index (Phi) is 6.11. The zero-order chi connectivity index (χ0) is 16.9. The maximum Gasteiger partial charge on any atom is 0.251 e. The number of likely N-dealkylation sites (tertiary alicyclic amines) is 1. The van der Waals surface area contributed by atoms with E-state index in [9.17, 15) is 9.59 Å². The number of nitrogens with zero attached hydrogens (tertiary/aromatic N) is 2. The predicted molar refractivity (Wildman–Crippen MR) is 91.6 cm³/mol. The van der Waals surface area contributed by atoms with Crippen LogP contribution in [0.15, 0.2) is 0 Å². The second-order valence-electron chi connectivity index (χ2n) is 7.28. The highest BCUT2D eigenvalue weighted by molar-refractivity contribution is 5.82. The number of ether oxygens (including phenoxy) is 1. The Labute approximate surface area is 144 Å². The molecule has 0 spiro atoms. The third-order valence-electron chi connectivity index (χ3n) is 5.58. The maximum atomic E-state index is 12.9.